The van der Waals surface area contributed by atoms with Crippen LogP contribution in [0, 0.1) is 5.92 Å². The normalized spacial score (nSPS) is 12.1. The predicted octanol–water partition coefficient (Wildman–Crippen LogP) is 6.35. The summed E-state index contributed by atoms with van der Waals surface area (Å²) in [6.07, 6.45) is 11.4. The van der Waals surface area contributed by atoms with Gasteiger partial charge in [-0.3, -0.25) is 0 Å². The maximum Gasteiger partial charge on any atom is 0.336 e. The molecule has 1 rings (SSSR count). The Morgan fingerprint density at radius 2 is 1.56 bits per heavy atom. The molecule has 0 saturated carbocycles. The molecule has 0 aromatic heterocycles. The van der Waals surface area contributed by atoms with E-state index in [9.17, 15) is 19.8 Å². The van der Waals surface area contributed by atoms with Gasteiger partial charge in [0.2, 0.25) is 0 Å². The van der Waals surface area contributed by atoms with Crippen molar-refractivity contribution in [2.24, 2.45) is 5.92 Å². The zero-order valence-corrected chi connectivity index (χ0v) is 17.2. The third-order valence-corrected chi connectivity index (χ3v) is 5.44. The molecule has 1 aromatic carbocycles. The number of benzene rings is 1. The highest BCUT2D eigenvalue weighted by atomic mass is 16.4. The minimum absolute atomic E-state index is 0.000774. The van der Waals surface area contributed by atoms with Crippen molar-refractivity contribution >= 4 is 11.9 Å². The maximum absolute atomic E-state index is 11.9. The number of unbranched alkanes of at least 4 members (excludes halogenated alkanes) is 5. The molecule has 0 spiro atoms. The molecule has 0 aliphatic carbocycles. The minimum Gasteiger partial charge on any atom is -0.478 e. The van der Waals surface area contributed by atoms with Crippen LogP contribution < -0.4 is 0 Å². The van der Waals surface area contributed by atoms with E-state index in [0.717, 1.165) is 62.5 Å². The highest BCUT2D eigenvalue weighted by Gasteiger charge is 2.23. The van der Waals surface area contributed by atoms with Crippen molar-refractivity contribution in [2.45, 2.75) is 91.4 Å². The van der Waals surface area contributed by atoms with E-state index in [1.165, 1.54) is 18.9 Å². The fourth-order valence-corrected chi connectivity index (χ4v) is 3.75. The smallest absolute Gasteiger partial charge is 0.336 e. The molecule has 27 heavy (non-hydrogen) atoms. The summed E-state index contributed by atoms with van der Waals surface area (Å²) in [4.78, 5) is 23.5. The van der Waals surface area contributed by atoms with Gasteiger partial charge in [-0.2, -0.15) is 0 Å². The summed E-state index contributed by atoms with van der Waals surface area (Å²) in [5.74, 6) is -1.77. The van der Waals surface area contributed by atoms with Gasteiger partial charge in [-0.1, -0.05) is 78.2 Å². The number of hydrogen-bond donors (Lipinski definition) is 2. The Bertz CT molecular complexity index is 607. The molecule has 0 bridgehead atoms. The highest BCUT2D eigenvalue weighted by Crippen LogP contribution is 2.27. The molecule has 4 nitrogen and oxygen atoms in total. The third kappa shape index (κ3) is 7.36. The van der Waals surface area contributed by atoms with Crippen LogP contribution in [0.2, 0.25) is 0 Å². The first-order valence-corrected chi connectivity index (χ1v) is 10.6. The summed E-state index contributed by atoms with van der Waals surface area (Å²) in [5, 5.41) is 19.2. The first-order valence-electron chi connectivity index (χ1n) is 10.6. The molecule has 4 heteroatoms. The SMILES string of the molecule is CCCCCCCc1c(CC(CC)CCCC)ccc(C(=O)O)c1C(=O)O. The number of carbonyl (C=O) groups is 2. The van der Waals surface area contributed by atoms with Crippen molar-refractivity contribution in [3.8, 4) is 0 Å². The fraction of sp³-hybridized carbons (Fsp3) is 0.652. The second-order valence-electron chi connectivity index (χ2n) is 7.52. The Morgan fingerprint density at radius 3 is 2.11 bits per heavy atom. The number of carboxylic acids is 2. The van der Waals surface area contributed by atoms with Crippen molar-refractivity contribution < 1.29 is 19.8 Å². The van der Waals surface area contributed by atoms with Gasteiger partial charge in [0.15, 0.2) is 0 Å². The topological polar surface area (TPSA) is 74.6 Å². The second-order valence-corrected chi connectivity index (χ2v) is 7.52. The molecule has 152 valence electrons. The predicted molar refractivity (Wildman–Crippen MR) is 110 cm³/mol. The largest absolute Gasteiger partial charge is 0.478 e. The van der Waals surface area contributed by atoms with Crippen LogP contribution in [0.1, 0.15) is 110 Å². The van der Waals surface area contributed by atoms with Gasteiger partial charge < -0.3 is 10.2 Å². The molecule has 0 saturated heterocycles. The van der Waals surface area contributed by atoms with E-state index in [1.54, 1.807) is 0 Å². The van der Waals surface area contributed by atoms with E-state index in [4.69, 9.17) is 0 Å². The minimum atomic E-state index is -1.16. The summed E-state index contributed by atoms with van der Waals surface area (Å²) in [7, 11) is 0. The Kier molecular flexibility index (Phi) is 10.8. The van der Waals surface area contributed by atoms with E-state index in [-0.39, 0.29) is 11.1 Å². The zero-order chi connectivity index (χ0) is 20.2. The van der Waals surface area contributed by atoms with Crippen LogP contribution in [0.15, 0.2) is 12.1 Å². The highest BCUT2D eigenvalue weighted by molar-refractivity contribution is 6.03. The monoisotopic (exact) mass is 376 g/mol. The average Bonchev–Trinajstić information content (AvgIpc) is 2.64. The second kappa shape index (κ2) is 12.5. The molecular formula is C23H36O4. The van der Waals surface area contributed by atoms with Crippen LogP contribution in [-0.2, 0) is 12.8 Å². The fourth-order valence-electron chi connectivity index (χ4n) is 3.75. The van der Waals surface area contributed by atoms with Gasteiger partial charge in [0, 0.05) is 0 Å². The molecule has 1 unspecified atom stereocenters. The molecular weight excluding hydrogens is 340 g/mol. The number of aromatic carboxylic acids is 2. The van der Waals surface area contributed by atoms with Crippen LogP contribution in [-0.4, -0.2) is 22.2 Å². The lowest BCUT2D eigenvalue weighted by molar-refractivity contribution is 0.0650. The van der Waals surface area contributed by atoms with Gasteiger partial charge in [-0.05, 0) is 42.4 Å². The Labute approximate surface area is 164 Å². The van der Waals surface area contributed by atoms with E-state index >= 15 is 0 Å². The third-order valence-electron chi connectivity index (χ3n) is 5.44. The van der Waals surface area contributed by atoms with Gasteiger partial charge in [0.1, 0.15) is 0 Å². The molecule has 1 aromatic rings. The van der Waals surface area contributed by atoms with Crippen molar-refractivity contribution in [1.82, 2.24) is 0 Å². The van der Waals surface area contributed by atoms with Gasteiger partial charge in [0.05, 0.1) is 11.1 Å². The van der Waals surface area contributed by atoms with Crippen molar-refractivity contribution in [3.63, 3.8) is 0 Å². The van der Waals surface area contributed by atoms with Crippen molar-refractivity contribution in [3.05, 3.63) is 34.4 Å². The standard InChI is InChI=1S/C23H36O4/c1-4-7-9-10-11-13-19-18(16-17(6-3)12-8-5-2)14-15-20(22(24)25)21(19)23(26)27/h14-15,17H,4-13,16H2,1-3H3,(H,24,25)(H,26,27). The van der Waals surface area contributed by atoms with Gasteiger partial charge in [0.25, 0.3) is 0 Å². The van der Waals surface area contributed by atoms with Crippen LogP contribution in [0.5, 0.6) is 0 Å². The maximum atomic E-state index is 11.9. The van der Waals surface area contributed by atoms with Crippen LogP contribution in [0.3, 0.4) is 0 Å². The number of rotatable bonds is 14. The summed E-state index contributed by atoms with van der Waals surface area (Å²) < 4.78 is 0. The van der Waals surface area contributed by atoms with Crippen LogP contribution in [0.25, 0.3) is 0 Å². The van der Waals surface area contributed by atoms with Gasteiger partial charge in [-0.15, -0.1) is 0 Å². The van der Waals surface area contributed by atoms with E-state index < -0.39 is 11.9 Å². The Hall–Kier alpha value is -1.84. The molecule has 0 radical (unpaired) electrons. The molecule has 1 atom stereocenters. The Balaban J connectivity index is 3.16. The van der Waals surface area contributed by atoms with E-state index in [1.807, 2.05) is 6.07 Å². The summed E-state index contributed by atoms with van der Waals surface area (Å²) >= 11 is 0. The summed E-state index contributed by atoms with van der Waals surface area (Å²) in [6, 6.07) is 3.33. The summed E-state index contributed by atoms with van der Waals surface area (Å²) in [5.41, 5.74) is 1.68. The van der Waals surface area contributed by atoms with Crippen molar-refractivity contribution in [1.29, 1.82) is 0 Å². The Morgan fingerprint density at radius 1 is 0.889 bits per heavy atom. The van der Waals surface area contributed by atoms with E-state index in [2.05, 4.69) is 20.8 Å². The zero-order valence-electron chi connectivity index (χ0n) is 17.2. The molecule has 0 aliphatic heterocycles. The lowest BCUT2D eigenvalue weighted by Gasteiger charge is -2.20. The van der Waals surface area contributed by atoms with Crippen LogP contribution in [0.4, 0.5) is 0 Å². The molecule has 0 amide bonds. The number of carboxylic acid groups (broad SMARTS) is 2. The average molecular weight is 377 g/mol. The van der Waals surface area contributed by atoms with Crippen molar-refractivity contribution in [2.75, 3.05) is 0 Å². The molecule has 0 fully saturated rings. The summed E-state index contributed by atoms with van der Waals surface area (Å²) in [6.45, 7) is 6.52. The lowest BCUT2D eigenvalue weighted by atomic mass is 9.85. The van der Waals surface area contributed by atoms with Gasteiger partial charge >= 0.3 is 11.9 Å². The molecule has 0 aliphatic rings. The molecule has 0 heterocycles. The van der Waals surface area contributed by atoms with Gasteiger partial charge in [-0.25, -0.2) is 9.59 Å². The molecule has 2 N–H and O–H groups in total. The number of hydrogen-bond acceptors (Lipinski definition) is 2. The first kappa shape index (κ1) is 23.2. The first-order chi connectivity index (χ1) is 13.0. The van der Waals surface area contributed by atoms with E-state index in [0.29, 0.717) is 12.3 Å². The lowest BCUT2D eigenvalue weighted by Crippen LogP contribution is -2.15. The van der Waals surface area contributed by atoms with Crippen LogP contribution >= 0.6 is 0 Å². The quantitative estimate of drug-likeness (QED) is 0.371.